The molecule has 0 aliphatic rings. The zero-order valence-electron chi connectivity index (χ0n) is 18.1. The normalized spacial score (nSPS) is 13.3. The van der Waals surface area contributed by atoms with Crippen LogP contribution in [-0.2, 0) is 14.9 Å². The Hall–Kier alpha value is 1.38. The molecule has 0 radical (unpaired) electrons. The van der Waals surface area contributed by atoms with Gasteiger partial charge in [0.05, 0.1) is 10.7 Å². The fourth-order valence-electron chi connectivity index (χ4n) is 2.99. The van der Waals surface area contributed by atoms with Crippen molar-refractivity contribution >= 4 is 16.1 Å². The van der Waals surface area contributed by atoms with E-state index in [9.17, 15) is 22.9 Å². The molecule has 0 spiro atoms. The average molecular weight is 423 g/mol. The van der Waals surface area contributed by atoms with Crippen LogP contribution in [0.25, 0.3) is 0 Å². The van der Waals surface area contributed by atoms with E-state index in [-0.39, 0.29) is 65.5 Å². The van der Waals surface area contributed by atoms with Crippen molar-refractivity contribution in [1.29, 1.82) is 0 Å². The zero-order chi connectivity index (χ0) is 19.2. The summed E-state index contributed by atoms with van der Waals surface area (Å²) in [4.78, 5) is 10.9. The third-order valence-electron chi connectivity index (χ3n) is 4.99. The van der Waals surface area contributed by atoms with E-state index in [0.29, 0.717) is 6.42 Å². The van der Waals surface area contributed by atoms with Crippen molar-refractivity contribution in [3.8, 4) is 0 Å². The molecular weight excluding hydrogens is 386 g/mol. The van der Waals surface area contributed by atoms with E-state index in [1.54, 1.807) is 0 Å². The SMILES string of the molecule is CCCCCCCCCCCCCCCCC(C)(C(=O)[O-])S(=O)(=O)[O-].[Na+].[Na+]. The Bertz CT molecular complexity index is 457. The first-order valence-electron chi connectivity index (χ1n) is 9.92. The van der Waals surface area contributed by atoms with E-state index in [4.69, 9.17) is 0 Å². The van der Waals surface area contributed by atoms with E-state index in [2.05, 4.69) is 6.92 Å². The third-order valence-corrected chi connectivity index (χ3v) is 6.47. The summed E-state index contributed by atoms with van der Waals surface area (Å²) in [6.07, 6.45) is 16.0. The summed E-state index contributed by atoms with van der Waals surface area (Å²) < 4.78 is 30.9. The number of aliphatic carboxylic acids is 1. The van der Waals surface area contributed by atoms with Crippen molar-refractivity contribution < 1.29 is 82.0 Å². The second-order valence-corrected chi connectivity index (χ2v) is 9.13. The van der Waals surface area contributed by atoms with Crippen LogP contribution in [0.5, 0.6) is 0 Å². The predicted octanol–water partition coefficient (Wildman–Crippen LogP) is -2.08. The molecule has 0 aromatic carbocycles. The van der Waals surface area contributed by atoms with Crippen LogP contribution in [0, 0.1) is 0 Å². The van der Waals surface area contributed by atoms with Gasteiger partial charge in [-0.3, -0.25) is 0 Å². The second-order valence-electron chi connectivity index (χ2n) is 7.32. The summed E-state index contributed by atoms with van der Waals surface area (Å²) >= 11 is 0. The van der Waals surface area contributed by atoms with Gasteiger partial charge in [0.1, 0.15) is 10.1 Å². The minimum atomic E-state index is -4.89. The van der Waals surface area contributed by atoms with E-state index in [0.717, 1.165) is 32.6 Å². The van der Waals surface area contributed by atoms with Gasteiger partial charge >= 0.3 is 59.1 Å². The van der Waals surface area contributed by atoms with Crippen LogP contribution in [0.15, 0.2) is 0 Å². The minimum absolute atomic E-state index is 0. The van der Waals surface area contributed by atoms with Crippen molar-refractivity contribution in [3.05, 3.63) is 0 Å². The zero-order valence-corrected chi connectivity index (χ0v) is 22.9. The van der Waals surface area contributed by atoms with Gasteiger partial charge in [-0.05, 0) is 13.3 Å². The Kier molecular flexibility index (Phi) is 23.7. The average Bonchev–Trinajstić information content (AvgIpc) is 2.53. The van der Waals surface area contributed by atoms with Gasteiger partial charge in [-0.15, -0.1) is 0 Å². The molecule has 8 heteroatoms. The van der Waals surface area contributed by atoms with Gasteiger partial charge in [-0.25, -0.2) is 8.42 Å². The molecule has 0 bridgehead atoms. The first-order chi connectivity index (χ1) is 11.8. The number of carbonyl (C=O) groups is 1. The van der Waals surface area contributed by atoms with Crippen molar-refractivity contribution in [1.82, 2.24) is 0 Å². The number of unbranched alkanes of at least 4 members (excludes halogenated alkanes) is 13. The summed E-state index contributed by atoms with van der Waals surface area (Å²) in [5.41, 5.74) is 0. The molecule has 1 unspecified atom stereocenters. The van der Waals surface area contributed by atoms with Crippen molar-refractivity contribution in [2.45, 2.75) is 115 Å². The summed E-state index contributed by atoms with van der Waals surface area (Å²) in [5, 5.41) is 10.9. The molecule has 0 aromatic heterocycles. The quantitative estimate of drug-likeness (QED) is 0.152. The number of carbonyl (C=O) groups excluding carboxylic acids is 1. The van der Waals surface area contributed by atoms with Crippen LogP contribution in [0.2, 0.25) is 0 Å². The number of carboxylic acids is 1. The Morgan fingerprint density at radius 2 is 1.04 bits per heavy atom. The predicted molar refractivity (Wildman–Crippen MR) is 98.0 cm³/mol. The third kappa shape index (κ3) is 15.8. The molecule has 27 heavy (non-hydrogen) atoms. The van der Waals surface area contributed by atoms with Crippen molar-refractivity contribution in [2.75, 3.05) is 0 Å². The molecule has 0 aliphatic heterocycles. The van der Waals surface area contributed by atoms with Crippen LogP contribution in [0.4, 0.5) is 0 Å². The van der Waals surface area contributed by atoms with Crippen LogP contribution in [0.1, 0.15) is 110 Å². The fraction of sp³-hybridized carbons (Fsp3) is 0.947. The van der Waals surface area contributed by atoms with Gasteiger partial charge in [0.2, 0.25) is 0 Å². The molecule has 0 N–H and O–H groups in total. The van der Waals surface area contributed by atoms with E-state index >= 15 is 0 Å². The molecule has 0 saturated heterocycles. The maximum Gasteiger partial charge on any atom is 1.00 e. The summed E-state index contributed by atoms with van der Waals surface area (Å²) in [5.74, 6) is -1.79. The van der Waals surface area contributed by atoms with Crippen molar-refractivity contribution in [2.24, 2.45) is 0 Å². The molecule has 0 amide bonds. The van der Waals surface area contributed by atoms with Crippen molar-refractivity contribution in [3.63, 3.8) is 0 Å². The largest absolute Gasteiger partial charge is 1.00 e. The first-order valence-corrected chi connectivity index (χ1v) is 11.3. The molecule has 150 valence electrons. The molecule has 1 atom stereocenters. The van der Waals surface area contributed by atoms with Gasteiger partial charge in [0, 0.05) is 0 Å². The summed E-state index contributed by atoms with van der Waals surface area (Å²) in [6.45, 7) is 3.18. The van der Waals surface area contributed by atoms with Crippen LogP contribution >= 0.6 is 0 Å². The first kappa shape index (κ1) is 33.0. The Labute approximate surface area is 211 Å². The van der Waals surface area contributed by atoms with Crippen LogP contribution in [0.3, 0.4) is 0 Å². The van der Waals surface area contributed by atoms with Gasteiger partial charge in [0.15, 0.2) is 0 Å². The van der Waals surface area contributed by atoms with Gasteiger partial charge in [0.25, 0.3) is 0 Å². The minimum Gasteiger partial charge on any atom is -0.747 e. The second kappa shape index (κ2) is 19.3. The molecule has 0 fully saturated rings. The smallest absolute Gasteiger partial charge is 0.747 e. The van der Waals surface area contributed by atoms with Gasteiger partial charge in [-0.2, -0.15) is 0 Å². The van der Waals surface area contributed by atoms with E-state index in [1.165, 1.54) is 57.8 Å². The number of hydrogen-bond donors (Lipinski definition) is 0. The standard InChI is InChI=1S/C19H38O5S.2Na/c1-3-4-5-6-7-8-9-10-11-12-13-14-15-16-17-19(2,18(20)21)25(22,23)24;;/h3-17H2,1-2H3,(H,20,21)(H,22,23,24);;/q;2*+1/p-2. The fourth-order valence-corrected chi connectivity index (χ4v) is 3.58. The summed E-state index contributed by atoms with van der Waals surface area (Å²) in [6, 6.07) is 0. The molecule has 0 rings (SSSR count). The molecule has 5 nitrogen and oxygen atoms in total. The maximum absolute atomic E-state index is 11.1. The van der Waals surface area contributed by atoms with E-state index < -0.39 is 20.8 Å². The number of rotatable bonds is 17. The van der Waals surface area contributed by atoms with E-state index in [1.807, 2.05) is 0 Å². The Morgan fingerprint density at radius 3 is 1.30 bits per heavy atom. The number of carboxylic acid groups (broad SMARTS) is 1. The molecule has 0 aromatic rings. The molecule has 0 saturated carbocycles. The van der Waals surface area contributed by atoms with Gasteiger partial charge < -0.3 is 14.5 Å². The van der Waals surface area contributed by atoms with Gasteiger partial charge in [-0.1, -0.05) is 96.8 Å². The number of hydrogen-bond acceptors (Lipinski definition) is 5. The Balaban J connectivity index is -0.00000288. The molecular formula is C19H36Na2O5S. The maximum atomic E-state index is 11.1. The summed E-state index contributed by atoms with van der Waals surface area (Å²) in [7, 11) is -4.89. The monoisotopic (exact) mass is 422 g/mol. The Morgan fingerprint density at radius 1 is 0.741 bits per heavy atom. The topological polar surface area (TPSA) is 97.3 Å². The van der Waals surface area contributed by atoms with Crippen LogP contribution < -0.4 is 64.2 Å². The molecule has 0 aliphatic carbocycles. The van der Waals surface area contributed by atoms with Crippen LogP contribution in [-0.4, -0.2) is 23.7 Å². The molecule has 0 heterocycles.